The van der Waals surface area contributed by atoms with E-state index in [9.17, 15) is 0 Å². The maximum atomic E-state index is 7.24. The molecule has 0 heterocycles. The van der Waals surface area contributed by atoms with Gasteiger partial charge in [-0.25, -0.2) is 5.26 Å². The van der Waals surface area contributed by atoms with Gasteiger partial charge in [-0.2, -0.15) is 5.26 Å². The van der Waals surface area contributed by atoms with Crippen LogP contribution in [0.3, 0.4) is 0 Å². The molecule has 0 N–H and O–H groups in total. The molecule has 0 spiro atoms. The van der Waals surface area contributed by atoms with Crippen molar-refractivity contribution in [3.8, 4) is 11.6 Å². The highest BCUT2D eigenvalue weighted by atomic mass is 79.9. The molecule has 0 aromatic carbocycles. The van der Waals surface area contributed by atoms with E-state index in [4.69, 9.17) is 10.5 Å². The predicted molar refractivity (Wildman–Crippen MR) is 43.9 cm³/mol. The van der Waals surface area contributed by atoms with Gasteiger partial charge in [0, 0.05) is 22.5 Å². The third-order valence-electron chi connectivity index (χ3n) is 0. The largest absolute Gasteiger partial charge is 0.202 e. The highest BCUT2D eigenvalue weighted by Gasteiger charge is 1.41. The van der Waals surface area contributed by atoms with Crippen molar-refractivity contribution in [1.82, 2.24) is 0 Å². The fraction of sp³-hybridized carbons (Fsp3) is 0.333. The van der Waals surface area contributed by atoms with Gasteiger partial charge in [0.25, 0.3) is 0 Å². The van der Waals surface area contributed by atoms with Gasteiger partial charge in [-0.15, -0.1) is 0 Å². The van der Waals surface area contributed by atoms with E-state index < -0.39 is 0 Å². The van der Waals surface area contributed by atoms with Crippen LogP contribution >= 0.6 is 47.8 Å². The summed E-state index contributed by atoms with van der Waals surface area (Å²) in [5.74, 6) is 0. The number of hydrogen-bond donors (Lipinski definition) is 0. The van der Waals surface area contributed by atoms with Crippen molar-refractivity contribution in [2.45, 2.75) is 0 Å². The second-order valence-electron chi connectivity index (χ2n) is 0.186. The molecule has 0 bridgehead atoms. The van der Waals surface area contributed by atoms with Crippen LogP contribution in [0.15, 0.2) is 0 Å². The molecule has 46 valence electrons. The van der Waals surface area contributed by atoms with E-state index >= 15 is 0 Å². The first kappa shape index (κ1) is 15.8. The monoisotopic (exact) mass is 304 g/mol. The quantitative estimate of drug-likeness (QED) is 0.646. The summed E-state index contributed by atoms with van der Waals surface area (Å²) in [5, 5.41) is 13.7. The Balaban J connectivity index is -0.0000000483. The zero-order valence-electron chi connectivity index (χ0n) is 3.81. The number of alkyl halides is 2. The lowest BCUT2D eigenvalue weighted by Crippen LogP contribution is -1.19. The molecule has 0 aliphatic rings. The van der Waals surface area contributed by atoms with Crippen LogP contribution in [0.1, 0.15) is 0 Å². The topological polar surface area (TPSA) is 47.6 Å². The van der Waals surface area contributed by atoms with Crippen molar-refractivity contribution in [2.24, 2.45) is 0 Å². The standard InChI is InChI=1S/CH2Br2.CBrN.CHN/c2*2-1-3;1-2/h1H2;;1H. The summed E-state index contributed by atoms with van der Waals surface area (Å²) < 4.78 is 0.875. The van der Waals surface area contributed by atoms with Gasteiger partial charge in [-0.3, -0.25) is 0 Å². The van der Waals surface area contributed by atoms with Gasteiger partial charge >= 0.3 is 0 Å². The second-order valence-corrected chi connectivity index (χ2v) is 3.17. The van der Waals surface area contributed by atoms with Gasteiger partial charge in [-0.05, 0) is 0 Å². The SMILES string of the molecule is BrCBr.C#N.N#CBr. The van der Waals surface area contributed by atoms with Crippen molar-refractivity contribution in [3.63, 3.8) is 0 Å². The number of rotatable bonds is 0. The van der Waals surface area contributed by atoms with Gasteiger partial charge in [0.1, 0.15) is 4.98 Å². The minimum Gasteiger partial charge on any atom is -0.202 e. The number of halogens is 3. The van der Waals surface area contributed by atoms with Crippen LogP contribution in [0, 0.1) is 22.1 Å². The Morgan fingerprint density at radius 1 is 1.38 bits per heavy atom. The zero-order valence-corrected chi connectivity index (χ0v) is 8.57. The molecule has 8 heavy (non-hydrogen) atoms. The van der Waals surface area contributed by atoms with E-state index in [0.717, 1.165) is 4.24 Å². The Labute approximate surface area is 73.9 Å². The fourth-order valence-electron chi connectivity index (χ4n) is 0. The van der Waals surface area contributed by atoms with Crippen molar-refractivity contribution in [1.29, 1.82) is 10.5 Å². The number of hydrogen-bond acceptors (Lipinski definition) is 2. The Bertz CT molecular complexity index is 64.7. The summed E-state index contributed by atoms with van der Waals surface area (Å²) in [6.45, 7) is 3.50. The van der Waals surface area contributed by atoms with E-state index in [-0.39, 0.29) is 0 Å². The summed E-state index contributed by atoms with van der Waals surface area (Å²) in [5.41, 5.74) is 0. The summed E-state index contributed by atoms with van der Waals surface area (Å²) in [7, 11) is 0. The van der Waals surface area contributed by atoms with Crippen molar-refractivity contribution in [2.75, 3.05) is 4.24 Å². The molecule has 2 nitrogen and oxygen atoms in total. The van der Waals surface area contributed by atoms with E-state index in [1.807, 2.05) is 0 Å². The van der Waals surface area contributed by atoms with E-state index in [0.29, 0.717) is 0 Å². The highest BCUT2D eigenvalue weighted by Crippen LogP contribution is 1.83. The van der Waals surface area contributed by atoms with E-state index in [2.05, 4.69) is 54.4 Å². The van der Waals surface area contributed by atoms with Crippen LogP contribution in [-0.4, -0.2) is 4.24 Å². The Morgan fingerprint density at radius 2 is 1.38 bits per heavy atom. The predicted octanol–water partition coefficient (Wildman–Crippen LogP) is 2.74. The molecular weight excluding hydrogens is 304 g/mol. The normalized spacial score (nSPS) is 3.50. The molecule has 0 aromatic rings. The molecule has 0 unspecified atom stereocenters. The third-order valence-corrected chi connectivity index (χ3v) is 0. The van der Waals surface area contributed by atoms with E-state index in [1.165, 1.54) is 0 Å². The second kappa shape index (κ2) is 52.2. The van der Waals surface area contributed by atoms with Gasteiger partial charge < -0.3 is 0 Å². The van der Waals surface area contributed by atoms with Crippen molar-refractivity contribution < 1.29 is 0 Å². The zero-order chi connectivity index (χ0) is 7.41. The summed E-state index contributed by atoms with van der Waals surface area (Å²) in [4.78, 5) is 1.56. The van der Waals surface area contributed by atoms with Crippen LogP contribution in [-0.2, 0) is 0 Å². The Kier molecular flexibility index (Phi) is 103. The molecule has 0 aliphatic heterocycles. The maximum absolute atomic E-state index is 7.24. The molecule has 5 heteroatoms. The smallest absolute Gasteiger partial charge is 0.142 e. The molecule has 0 saturated carbocycles. The van der Waals surface area contributed by atoms with E-state index in [1.54, 1.807) is 4.98 Å². The van der Waals surface area contributed by atoms with Crippen LogP contribution < -0.4 is 0 Å². The minimum absolute atomic E-state index is 0.875. The molecule has 0 saturated heterocycles. The third kappa shape index (κ3) is 1070. The molecule has 0 amide bonds. The average Bonchev–Trinajstić information content (AvgIpc) is 1.75. The van der Waals surface area contributed by atoms with Crippen LogP contribution in [0.2, 0.25) is 0 Å². The highest BCUT2D eigenvalue weighted by molar-refractivity contribution is 9.24. The molecule has 0 aromatic heterocycles. The lowest BCUT2D eigenvalue weighted by Gasteiger charge is -1.43. The Morgan fingerprint density at radius 3 is 1.38 bits per heavy atom. The molecule has 0 rings (SSSR count). The summed E-state index contributed by atoms with van der Waals surface area (Å²) in [6, 6.07) is 0. The fourth-order valence-corrected chi connectivity index (χ4v) is 0. The van der Waals surface area contributed by atoms with Crippen LogP contribution in [0.25, 0.3) is 0 Å². The first-order valence-corrected chi connectivity index (χ1v) is 4.24. The van der Waals surface area contributed by atoms with Gasteiger partial charge in [-0.1, -0.05) is 31.9 Å². The minimum atomic E-state index is 0.875. The first-order chi connectivity index (χ1) is 3.83. The molecular formula is C3H3Br3N2. The lowest BCUT2D eigenvalue weighted by atomic mass is 11.8. The summed E-state index contributed by atoms with van der Waals surface area (Å²) >= 11 is 8.58. The van der Waals surface area contributed by atoms with Crippen LogP contribution in [0.5, 0.6) is 0 Å². The van der Waals surface area contributed by atoms with Crippen molar-refractivity contribution >= 4 is 47.8 Å². The maximum Gasteiger partial charge on any atom is 0.142 e. The molecule has 0 fully saturated rings. The molecule has 0 aliphatic carbocycles. The number of nitrogens with zero attached hydrogens (tertiary/aromatic N) is 2. The van der Waals surface area contributed by atoms with Gasteiger partial charge in [0.05, 0.1) is 4.24 Å². The molecule has 0 radical (unpaired) electrons. The van der Waals surface area contributed by atoms with Crippen molar-refractivity contribution in [3.05, 3.63) is 0 Å². The summed E-state index contributed by atoms with van der Waals surface area (Å²) in [6.07, 6.45) is 0. The van der Waals surface area contributed by atoms with Crippen LogP contribution in [0.4, 0.5) is 0 Å². The number of nitriles is 2. The average molecular weight is 307 g/mol. The lowest BCUT2D eigenvalue weighted by molar-refractivity contribution is 1.57. The Hall–Kier alpha value is 0.420. The first-order valence-electron chi connectivity index (χ1n) is 1.21. The molecule has 0 atom stereocenters. The van der Waals surface area contributed by atoms with Gasteiger partial charge in [0.15, 0.2) is 0 Å². The van der Waals surface area contributed by atoms with Gasteiger partial charge in [0.2, 0.25) is 0 Å².